The van der Waals surface area contributed by atoms with Gasteiger partial charge in [0.2, 0.25) is 0 Å². The van der Waals surface area contributed by atoms with Crippen molar-refractivity contribution < 1.29 is 4.74 Å². The first-order valence-corrected chi connectivity index (χ1v) is 6.19. The van der Waals surface area contributed by atoms with Gasteiger partial charge in [-0.3, -0.25) is 4.57 Å². The van der Waals surface area contributed by atoms with Gasteiger partial charge in [0.1, 0.15) is 12.1 Å². The third-order valence-electron chi connectivity index (χ3n) is 3.08. The van der Waals surface area contributed by atoms with E-state index in [1.54, 1.807) is 19.5 Å². The van der Waals surface area contributed by atoms with Gasteiger partial charge in [0, 0.05) is 23.0 Å². The highest BCUT2D eigenvalue weighted by molar-refractivity contribution is 5.74. The molecule has 3 rings (SSSR count). The molecular weight excluding hydrogens is 252 g/mol. The summed E-state index contributed by atoms with van der Waals surface area (Å²) in [7, 11) is 1.61. The third kappa shape index (κ3) is 2.09. The predicted molar refractivity (Wildman–Crippen MR) is 77.8 cm³/mol. The fraction of sp³-hybridized carbons (Fsp3) is 0.0667. The maximum Gasteiger partial charge on any atom is 0.170 e. The molecule has 0 saturated heterocycles. The normalized spacial score (nSPS) is 10.4. The first kappa shape index (κ1) is 12.2. The molecule has 100 valence electrons. The fourth-order valence-electron chi connectivity index (χ4n) is 2.07. The third-order valence-corrected chi connectivity index (χ3v) is 3.08. The van der Waals surface area contributed by atoms with Crippen molar-refractivity contribution in [2.24, 2.45) is 0 Å². The van der Waals surface area contributed by atoms with Crippen LogP contribution in [0.5, 0.6) is 5.75 Å². The Morgan fingerprint density at radius 3 is 2.60 bits per heavy atom. The van der Waals surface area contributed by atoms with E-state index in [9.17, 15) is 0 Å². The van der Waals surface area contributed by atoms with E-state index in [4.69, 9.17) is 10.5 Å². The highest BCUT2D eigenvalue weighted by Gasteiger charge is 2.12. The highest BCUT2D eigenvalue weighted by Crippen LogP contribution is 2.29. The minimum Gasteiger partial charge on any atom is -0.497 e. The number of nitrogens with two attached hydrogens (primary N) is 1. The van der Waals surface area contributed by atoms with Gasteiger partial charge >= 0.3 is 0 Å². The average Bonchev–Trinajstić information content (AvgIpc) is 2.97. The maximum atomic E-state index is 6.07. The minimum absolute atomic E-state index is 0.606. The Hall–Kier alpha value is -2.82. The van der Waals surface area contributed by atoms with Gasteiger partial charge in [0.25, 0.3) is 0 Å². The molecule has 0 radical (unpaired) electrons. The van der Waals surface area contributed by atoms with E-state index in [1.807, 2.05) is 47.0 Å². The Kier molecular flexibility index (Phi) is 3.09. The van der Waals surface area contributed by atoms with Crippen LogP contribution in [0, 0.1) is 0 Å². The van der Waals surface area contributed by atoms with Crippen LogP contribution in [0.3, 0.4) is 0 Å². The van der Waals surface area contributed by atoms with Gasteiger partial charge in [-0.05, 0) is 24.3 Å². The zero-order valence-corrected chi connectivity index (χ0v) is 11.0. The first-order valence-electron chi connectivity index (χ1n) is 6.19. The van der Waals surface area contributed by atoms with Gasteiger partial charge < -0.3 is 10.5 Å². The van der Waals surface area contributed by atoms with Gasteiger partial charge in [-0.25, -0.2) is 0 Å². The molecule has 0 spiro atoms. The largest absolute Gasteiger partial charge is 0.497 e. The second kappa shape index (κ2) is 5.05. The summed E-state index contributed by atoms with van der Waals surface area (Å²) in [6.07, 6.45) is 1.67. The van der Waals surface area contributed by atoms with Crippen LogP contribution < -0.4 is 10.5 Å². The molecule has 3 aromatic rings. The number of rotatable bonds is 3. The van der Waals surface area contributed by atoms with Crippen molar-refractivity contribution in [1.29, 1.82) is 0 Å². The van der Waals surface area contributed by atoms with Crippen molar-refractivity contribution >= 4 is 5.69 Å². The SMILES string of the molecule is COc1ccc(-c2nncn2-c2ccccc2)c(N)c1. The summed E-state index contributed by atoms with van der Waals surface area (Å²) in [5.41, 5.74) is 8.49. The molecule has 0 bridgehead atoms. The topological polar surface area (TPSA) is 66.0 Å². The van der Waals surface area contributed by atoms with Gasteiger partial charge in [-0.15, -0.1) is 10.2 Å². The Balaban J connectivity index is 2.11. The number of aromatic nitrogens is 3. The smallest absolute Gasteiger partial charge is 0.170 e. The Labute approximate surface area is 116 Å². The van der Waals surface area contributed by atoms with E-state index in [-0.39, 0.29) is 0 Å². The van der Waals surface area contributed by atoms with E-state index >= 15 is 0 Å². The molecule has 0 aliphatic heterocycles. The predicted octanol–water partition coefficient (Wildman–Crippen LogP) is 2.53. The number of nitrogens with zero attached hydrogens (tertiary/aromatic N) is 3. The van der Waals surface area contributed by atoms with Crippen LogP contribution in [0.2, 0.25) is 0 Å². The van der Waals surface area contributed by atoms with Gasteiger partial charge in [-0.1, -0.05) is 18.2 Å². The number of methoxy groups -OCH3 is 1. The van der Waals surface area contributed by atoms with E-state index in [2.05, 4.69) is 10.2 Å². The van der Waals surface area contributed by atoms with Crippen molar-refractivity contribution in [1.82, 2.24) is 14.8 Å². The number of nitrogen functional groups attached to an aromatic ring is 1. The molecule has 20 heavy (non-hydrogen) atoms. The zero-order valence-electron chi connectivity index (χ0n) is 11.0. The van der Waals surface area contributed by atoms with Gasteiger partial charge in [0.05, 0.1) is 7.11 Å². The van der Waals surface area contributed by atoms with E-state index in [0.717, 1.165) is 17.0 Å². The second-order valence-electron chi connectivity index (χ2n) is 4.31. The van der Waals surface area contributed by atoms with Crippen LogP contribution in [-0.2, 0) is 0 Å². The summed E-state index contributed by atoms with van der Waals surface area (Å²) in [6, 6.07) is 15.4. The van der Waals surface area contributed by atoms with E-state index < -0.39 is 0 Å². The number of hydrogen-bond donors (Lipinski definition) is 1. The summed E-state index contributed by atoms with van der Waals surface area (Å²) in [5, 5.41) is 8.16. The lowest BCUT2D eigenvalue weighted by Gasteiger charge is -2.09. The lowest BCUT2D eigenvalue weighted by atomic mass is 10.1. The summed E-state index contributed by atoms with van der Waals surface area (Å²) in [5.74, 6) is 1.42. The summed E-state index contributed by atoms with van der Waals surface area (Å²) in [4.78, 5) is 0. The number of anilines is 1. The van der Waals surface area contributed by atoms with Crippen LogP contribution >= 0.6 is 0 Å². The molecule has 0 aliphatic carbocycles. The van der Waals surface area contributed by atoms with Crippen molar-refractivity contribution in [3.63, 3.8) is 0 Å². The molecule has 0 amide bonds. The summed E-state index contributed by atoms with van der Waals surface area (Å²) >= 11 is 0. The molecule has 0 atom stereocenters. The molecule has 2 aromatic carbocycles. The molecule has 0 aliphatic rings. The Bertz CT molecular complexity index is 722. The number of hydrogen-bond acceptors (Lipinski definition) is 4. The first-order chi connectivity index (χ1) is 9.79. The van der Waals surface area contributed by atoms with Crippen molar-refractivity contribution in [3.8, 4) is 22.8 Å². The fourth-order valence-corrected chi connectivity index (χ4v) is 2.07. The molecule has 2 N–H and O–H groups in total. The number of benzene rings is 2. The van der Waals surface area contributed by atoms with Gasteiger partial charge in [0.15, 0.2) is 5.82 Å². The average molecular weight is 266 g/mol. The van der Waals surface area contributed by atoms with Crippen LogP contribution in [0.4, 0.5) is 5.69 Å². The molecule has 0 fully saturated rings. The van der Waals surface area contributed by atoms with Crippen molar-refractivity contribution in [3.05, 3.63) is 54.9 Å². The van der Waals surface area contributed by atoms with Crippen LogP contribution in [-0.4, -0.2) is 21.9 Å². The van der Waals surface area contributed by atoms with E-state index in [0.29, 0.717) is 11.5 Å². The highest BCUT2D eigenvalue weighted by atomic mass is 16.5. The van der Waals surface area contributed by atoms with Crippen LogP contribution in [0.1, 0.15) is 0 Å². The standard InChI is InChI=1S/C15H14N4O/c1-20-12-7-8-13(14(16)9-12)15-18-17-10-19(15)11-5-3-2-4-6-11/h2-10H,16H2,1H3. The summed E-state index contributed by atoms with van der Waals surface area (Å²) in [6.45, 7) is 0. The zero-order chi connectivity index (χ0) is 13.9. The monoisotopic (exact) mass is 266 g/mol. The van der Waals surface area contributed by atoms with E-state index in [1.165, 1.54) is 0 Å². The second-order valence-corrected chi connectivity index (χ2v) is 4.31. The summed E-state index contributed by atoms with van der Waals surface area (Å²) < 4.78 is 7.06. The molecule has 5 nitrogen and oxygen atoms in total. The van der Waals surface area contributed by atoms with Gasteiger partial charge in [-0.2, -0.15) is 0 Å². The molecule has 1 aromatic heterocycles. The Morgan fingerprint density at radius 1 is 1.10 bits per heavy atom. The van der Waals surface area contributed by atoms with Crippen LogP contribution in [0.25, 0.3) is 17.1 Å². The molecule has 0 unspecified atom stereocenters. The minimum atomic E-state index is 0.606. The lowest BCUT2D eigenvalue weighted by Crippen LogP contribution is -1.99. The van der Waals surface area contributed by atoms with Crippen molar-refractivity contribution in [2.75, 3.05) is 12.8 Å². The maximum absolute atomic E-state index is 6.07. The Morgan fingerprint density at radius 2 is 1.90 bits per heavy atom. The molecular formula is C15H14N4O. The quantitative estimate of drug-likeness (QED) is 0.740. The van der Waals surface area contributed by atoms with Crippen LogP contribution in [0.15, 0.2) is 54.9 Å². The molecule has 0 saturated carbocycles. The molecule has 5 heteroatoms. The van der Waals surface area contributed by atoms with Crippen molar-refractivity contribution in [2.45, 2.75) is 0 Å². The number of para-hydroxylation sites is 1. The molecule has 1 heterocycles. The lowest BCUT2D eigenvalue weighted by molar-refractivity contribution is 0.415. The number of ether oxygens (including phenoxy) is 1.